The number of thioether (sulfide) groups is 1. The number of amides is 1. The molecule has 1 aliphatic rings. The van der Waals surface area contributed by atoms with Crippen LogP contribution in [0.25, 0.3) is 0 Å². The molecule has 1 amide bonds. The van der Waals surface area contributed by atoms with Gasteiger partial charge in [-0.05, 0) is 49.1 Å². The van der Waals surface area contributed by atoms with E-state index in [0.717, 1.165) is 23.5 Å². The summed E-state index contributed by atoms with van der Waals surface area (Å²) in [5.41, 5.74) is 0.632. The third kappa shape index (κ3) is 4.14. The number of benzene rings is 1. The van der Waals surface area contributed by atoms with E-state index >= 15 is 0 Å². The van der Waals surface area contributed by atoms with E-state index < -0.39 is 0 Å². The van der Waals surface area contributed by atoms with Crippen LogP contribution in [-0.4, -0.2) is 29.4 Å². The van der Waals surface area contributed by atoms with Crippen molar-refractivity contribution >= 4 is 29.3 Å². The predicted octanol–water partition coefficient (Wildman–Crippen LogP) is 3.34. The van der Waals surface area contributed by atoms with E-state index in [9.17, 15) is 4.79 Å². The maximum Gasteiger partial charge on any atom is 0.252 e. The Kier molecular flexibility index (Phi) is 5.75. The van der Waals surface area contributed by atoms with Crippen molar-refractivity contribution in [3.05, 3.63) is 28.8 Å². The van der Waals surface area contributed by atoms with E-state index in [-0.39, 0.29) is 18.6 Å². The van der Waals surface area contributed by atoms with Crippen LogP contribution in [0.4, 0.5) is 0 Å². The monoisotopic (exact) mass is 313 g/mol. The Hall–Kier alpha value is -0.710. The van der Waals surface area contributed by atoms with E-state index in [1.165, 1.54) is 0 Å². The fraction of sp³-hybridized carbons (Fsp3) is 0.533. The van der Waals surface area contributed by atoms with Gasteiger partial charge in [-0.1, -0.05) is 18.5 Å². The van der Waals surface area contributed by atoms with Gasteiger partial charge in [-0.15, -0.1) is 11.8 Å². The first kappa shape index (κ1) is 15.7. The lowest BCUT2D eigenvalue weighted by Crippen LogP contribution is -2.37. The maximum absolute atomic E-state index is 12.4. The summed E-state index contributed by atoms with van der Waals surface area (Å²) >= 11 is 7.64. The largest absolute Gasteiger partial charge is 0.396 e. The van der Waals surface area contributed by atoms with Crippen molar-refractivity contribution in [3.8, 4) is 0 Å². The molecule has 1 unspecified atom stereocenters. The second kappa shape index (κ2) is 7.34. The lowest BCUT2D eigenvalue weighted by Gasteiger charge is -2.18. The first-order chi connectivity index (χ1) is 9.65. The molecule has 2 N–H and O–H groups in total. The Bertz CT molecular complexity index is 477. The first-order valence-corrected chi connectivity index (χ1v) is 8.36. The first-order valence-electron chi connectivity index (χ1n) is 6.99. The van der Waals surface area contributed by atoms with Crippen molar-refractivity contribution in [1.29, 1.82) is 0 Å². The SMILES string of the molecule is CCSc1ccc(Cl)cc1C(=O)NC(CCO)C1CC1. The Morgan fingerprint density at radius 3 is 2.90 bits per heavy atom. The van der Waals surface area contributed by atoms with Crippen LogP contribution in [0.15, 0.2) is 23.1 Å². The average Bonchev–Trinajstić information content (AvgIpc) is 3.25. The molecule has 3 nitrogen and oxygen atoms in total. The summed E-state index contributed by atoms with van der Waals surface area (Å²) in [7, 11) is 0. The minimum Gasteiger partial charge on any atom is -0.396 e. The second-order valence-corrected chi connectivity index (χ2v) is 6.75. The summed E-state index contributed by atoms with van der Waals surface area (Å²) in [5, 5.41) is 12.7. The topological polar surface area (TPSA) is 49.3 Å². The van der Waals surface area contributed by atoms with Crippen LogP contribution in [0, 0.1) is 5.92 Å². The Morgan fingerprint density at radius 1 is 1.55 bits per heavy atom. The van der Waals surface area contributed by atoms with Crippen LogP contribution in [0.5, 0.6) is 0 Å². The van der Waals surface area contributed by atoms with Gasteiger partial charge < -0.3 is 10.4 Å². The number of aliphatic hydroxyl groups is 1. The van der Waals surface area contributed by atoms with Crippen LogP contribution in [-0.2, 0) is 0 Å². The molecule has 110 valence electrons. The summed E-state index contributed by atoms with van der Waals surface area (Å²) in [6.07, 6.45) is 2.89. The van der Waals surface area contributed by atoms with Crippen LogP contribution >= 0.6 is 23.4 Å². The van der Waals surface area contributed by atoms with Crippen LogP contribution < -0.4 is 5.32 Å². The minimum atomic E-state index is -0.0891. The number of aliphatic hydroxyl groups excluding tert-OH is 1. The lowest BCUT2D eigenvalue weighted by molar-refractivity contribution is 0.0921. The zero-order valence-corrected chi connectivity index (χ0v) is 13.1. The van der Waals surface area contributed by atoms with Crippen molar-refractivity contribution < 1.29 is 9.90 Å². The lowest BCUT2D eigenvalue weighted by atomic mass is 10.1. The zero-order valence-electron chi connectivity index (χ0n) is 11.6. The van der Waals surface area contributed by atoms with E-state index in [0.29, 0.717) is 22.9 Å². The number of carbonyl (C=O) groups is 1. The van der Waals surface area contributed by atoms with Gasteiger partial charge in [-0.2, -0.15) is 0 Å². The number of nitrogens with one attached hydrogen (secondary N) is 1. The molecule has 20 heavy (non-hydrogen) atoms. The fourth-order valence-electron chi connectivity index (χ4n) is 2.27. The highest BCUT2D eigenvalue weighted by Crippen LogP contribution is 2.34. The summed E-state index contributed by atoms with van der Waals surface area (Å²) in [4.78, 5) is 13.4. The van der Waals surface area contributed by atoms with Gasteiger partial charge in [0.15, 0.2) is 0 Å². The van der Waals surface area contributed by atoms with Gasteiger partial charge in [-0.25, -0.2) is 0 Å². The summed E-state index contributed by atoms with van der Waals surface area (Å²) < 4.78 is 0. The average molecular weight is 314 g/mol. The molecule has 5 heteroatoms. The van der Waals surface area contributed by atoms with Crippen molar-refractivity contribution in [3.63, 3.8) is 0 Å². The van der Waals surface area contributed by atoms with Gasteiger partial charge in [0.1, 0.15) is 0 Å². The molecule has 0 heterocycles. The molecule has 0 bridgehead atoms. The molecule has 0 spiro atoms. The molecule has 0 aromatic heterocycles. The second-order valence-electron chi connectivity index (χ2n) is 5.00. The highest BCUT2D eigenvalue weighted by molar-refractivity contribution is 7.99. The zero-order chi connectivity index (χ0) is 14.5. The van der Waals surface area contributed by atoms with Gasteiger partial charge in [0, 0.05) is 22.6 Å². The van der Waals surface area contributed by atoms with Gasteiger partial charge in [0.2, 0.25) is 0 Å². The molecule has 1 fully saturated rings. The Labute approximate surface area is 129 Å². The van der Waals surface area contributed by atoms with Gasteiger partial charge in [0.25, 0.3) is 5.91 Å². The molecule has 1 aromatic carbocycles. The number of halogens is 1. The highest BCUT2D eigenvalue weighted by atomic mass is 35.5. The third-order valence-corrected chi connectivity index (χ3v) is 4.62. The number of carbonyl (C=O) groups excluding carboxylic acids is 1. The molecular weight excluding hydrogens is 294 g/mol. The van der Waals surface area contributed by atoms with Crippen molar-refractivity contribution in [1.82, 2.24) is 5.32 Å². The molecule has 1 aliphatic carbocycles. The summed E-state index contributed by atoms with van der Waals surface area (Å²) in [6, 6.07) is 5.50. The molecule has 1 atom stereocenters. The standard InChI is InChI=1S/C15H20ClNO2S/c1-2-20-14-6-5-11(16)9-12(14)15(19)17-13(7-8-18)10-3-4-10/h5-6,9-10,13,18H,2-4,7-8H2,1H3,(H,17,19). The predicted molar refractivity (Wildman–Crippen MR) is 83.5 cm³/mol. The molecule has 0 saturated heterocycles. The Balaban J connectivity index is 2.12. The number of hydrogen-bond donors (Lipinski definition) is 2. The highest BCUT2D eigenvalue weighted by Gasteiger charge is 2.32. The summed E-state index contributed by atoms with van der Waals surface area (Å²) in [6.45, 7) is 2.16. The van der Waals surface area contributed by atoms with Crippen LogP contribution in [0.1, 0.15) is 36.5 Å². The normalized spacial score (nSPS) is 15.9. The molecule has 1 aromatic rings. The van der Waals surface area contributed by atoms with E-state index in [4.69, 9.17) is 16.7 Å². The molecule has 0 aliphatic heterocycles. The van der Waals surface area contributed by atoms with Crippen molar-refractivity contribution in [2.24, 2.45) is 5.92 Å². The fourth-order valence-corrected chi connectivity index (χ4v) is 3.23. The van der Waals surface area contributed by atoms with Crippen LogP contribution in [0.3, 0.4) is 0 Å². The molecule has 1 saturated carbocycles. The van der Waals surface area contributed by atoms with E-state index in [2.05, 4.69) is 12.2 Å². The smallest absolute Gasteiger partial charge is 0.252 e. The summed E-state index contributed by atoms with van der Waals surface area (Å²) in [5.74, 6) is 1.34. The maximum atomic E-state index is 12.4. The molecular formula is C15H20ClNO2S. The minimum absolute atomic E-state index is 0.0750. The number of rotatable bonds is 7. The molecule has 0 radical (unpaired) electrons. The Morgan fingerprint density at radius 2 is 2.30 bits per heavy atom. The van der Waals surface area contributed by atoms with Crippen molar-refractivity contribution in [2.45, 2.75) is 37.1 Å². The quantitative estimate of drug-likeness (QED) is 0.759. The van der Waals surface area contributed by atoms with Crippen molar-refractivity contribution in [2.75, 3.05) is 12.4 Å². The van der Waals surface area contributed by atoms with Gasteiger partial charge in [-0.3, -0.25) is 4.79 Å². The van der Waals surface area contributed by atoms with Gasteiger partial charge in [0.05, 0.1) is 5.56 Å². The van der Waals surface area contributed by atoms with Crippen LogP contribution in [0.2, 0.25) is 5.02 Å². The van der Waals surface area contributed by atoms with Gasteiger partial charge >= 0.3 is 0 Å². The molecule has 2 rings (SSSR count). The van der Waals surface area contributed by atoms with E-state index in [1.807, 2.05) is 12.1 Å². The van der Waals surface area contributed by atoms with E-state index in [1.54, 1.807) is 17.8 Å². The number of hydrogen-bond acceptors (Lipinski definition) is 3. The third-order valence-electron chi connectivity index (χ3n) is 3.43.